The molecule has 4 unspecified atom stereocenters. The quantitative estimate of drug-likeness (QED) is 0.764. The van der Waals surface area contributed by atoms with Gasteiger partial charge in [-0.25, -0.2) is 0 Å². The summed E-state index contributed by atoms with van der Waals surface area (Å²) >= 11 is 0. The predicted molar refractivity (Wildman–Crippen MR) is 65.0 cm³/mol. The molecule has 88 valence electrons. The summed E-state index contributed by atoms with van der Waals surface area (Å²) in [5.74, 6) is 1.86. The van der Waals surface area contributed by atoms with Crippen LogP contribution in [-0.4, -0.2) is 37.1 Å². The maximum atomic E-state index is 3.82. The van der Waals surface area contributed by atoms with Gasteiger partial charge in [0.25, 0.3) is 0 Å². The second-order valence-electron chi connectivity index (χ2n) is 5.63. The number of likely N-dealkylation sites (tertiary alicyclic amines) is 1. The summed E-state index contributed by atoms with van der Waals surface area (Å²) in [6.07, 6.45) is 5.58. The van der Waals surface area contributed by atoms with Crippen LogP contribution in [0, 0.1) is 11.8 Å². The standard InChI is InChI=1S/C13H26N2/c1-4-11-8-13(11)14-10(2)12-6-5-7-15(3)9-12/h10-14H,4-9H2,1-3H3. The number of rotatable bonds is 4. The van der Waals surface area contributed by atoms with E-state index < -0.39 is 0 Å². The van der Waals surface area contributed by atoms with Crippen molar-refractivity contribution < 1.29 is 0 Å². The van der Waals surface area contributed by atoms with Crippen molar-refractivity contribution in [3.63, 3.8) is 0 Å². The first-order valence-electron chi connectivity index (χ1n) is 6.65. The molecule has 0 amide bonds. The molecule has 1 heterocycles. The molecule has 15 heavy (non-hydrogen) atoms. The molecule has 1 aliphatic heterocycles. The van der Waals surface area contributed by atoms with Gasteiger partial charge in [-0.15, -0.1) is 0 Å². The summed E-state index contributed by atoms with van der Waals surface area (Å²) in [4.78, 5) is 2.48. The van der Waals surface area contributed by atoms with E-state index in [2.05, 4.69) is 31.1 Å². The van der Waals surface area contributed by atoms with E-state index in [1.165, 1.54) is 38.8 Å². The zero-order valence-corrected chi connectivity index (χ0v) is 10.5. The molecule has 2 rings (SSSR count). The molecule has 0 aromatic rings. The van der Waals surface area contributed by atoms with Crippen molar-refractivity contribution >= 4 is 0 Å². The predicted octanol–water partition coefficient (Wildman–Crippen LogP) is 2.10. The minimum Gasteiger partial charge on any atom is -0.311 e. The van der Waals surface area contributed by atoms with Gasteiger partial charge in [-0.2, -0.15) is 0 Å². The van der Waals surface area contributed by atoms with Crippen LogP contribution in [0.5, 0.6) is 0 Å². The van der Waals surface area contributed by atoms with Gasteiger partial charge in [0.1, 0.15) is 0 Å². The molecule has 0 aromatic carbocycles. The van der Waals surface area contributed by atoms with E-state index in [1.807, 2.05) is 0 Å². The van der Waals surface area contributed by atoms with Crippen molar-refractivity contribution in [3.8, 4) is 0 Å². The summed E-state index contributed by atoms with van der Waals surface area (Å²) < 4.78 is 0. The molecule has 0 radical (unpaired) electrons. The maximum Gasteiger partial charge on any atom is 0.0102 e. The van der Waals surface area contributed by atoms with Gasteiger partial charge < -0.3 is 10.2 Å². The van der Waals surface area contributed by atoms with Crippen LogP contribution in [0.15, 0.2) is 0 Å². The van der Waals surface area contributed by atoms with Crippen LogP contribution in [0.2, 0.25) is 0 Å². The highest BCUT2D eigenvalue weighted by Crippen LogP contribution is 2.34. The van der Waals surface area contributed by atoms with Crippen LogP contribution in [-0.2, 0) is 0 Å². The lowest BCUT2D eigenvalue weighted by molar-refractivity contribution is 0.177. The van der Waals surface area contributed by atoms with Crippen molar-refractivity contribution in [2.75, 3.05) is 20.1 Å². The first kappa shape index (κ1) is 11.4. The van der Waals surface area contributed by atoms with Crippen LogP contribution in [0.1, 0.15) is 39.5 Å². The topological polar surface area (TPSA) is 15.3 Å². The maximum absolute atomic E-state index is 3.82. The van der Waals surface area contributed by atoms with Crippen molar-refractivity contribution in [1.29, 1.82) is 0 Å². The lowest BCUT2D eigenvalue weighted by atomic mass is 9.92. The Morgan fingerprint density at radius 2 is 2.27 bits per heavy atom. The zero-order valence-electron chi connectivity index (χ0n) is 10.5. The van der Waals surface area contributed by atoms with Crippen LogP contribution in [0.3, 0.4) is 0 Å². The van der Waals surface area contributed by atoms with Gasteiger partial charge in [0.15, 0.2) is 0 Å². The number of piperidine rings is 1. The number of hydrogen-bond acceptors (Lipinski definition) is 2. The second kappa shape index (κ2) is 4.84. The van der Waals surface area contributed by atoms with E-state index in [0.29, 0.717) is 6.04 Å². The van der Waals surface area contributed by atoms with Gasteiger partial charge in [0.05, 0.1) is 0 Å². The SMILES string of the molecule is CCC1CC1NC(C)C1CCCN(C)C1. The molecule has 2 heteroatoms. The second-order valence-corrected chi connectivity index (χ2v) is 5.63. The van der Waals surface area contributed by atoms with Gasteiger partial charge >= 0.3 is 0 Å². The van der Waals surface area contributed by atoms with E-state index in [1.54, 1.807) is 0 Å². The average Bonchev–Trinajstić information content (AvgIpc) is 2.96. The van der Waals surface area contributed by atoms with E-state index in [0.717, 1.165) is 17.9 Å². The Hall–Kier alpha value is -0.0800. The molecular weight excluding hydrogens is 184 g/mol. The Balaban J connectivity index is 1.73. The van der Waals surface area contributed by atoms with Crippen molar-refractivity contribution in [3.05, 3.63) is 0 Å². The first-order chi connectivity index (χ1) is 7.20. The van der Waals surface area contributed by atoms with Gasteiger partial charge in [0.2, 0.25) is 0 Å². The largest absolute Gasteiger partial charge is 0.311 e. The summed E-state index contributed by atoms with van der Waals surface area (Å²) in [6, 6.07) is 1.56. The third-order valence-electron chi connectivity index (χ3n) is 4.29. The summed E-state index contributed by atoms with van der Waals surface area (Å²) in [5.41, 5.74) is 0. The molecule has 1 saturated carbocycles. The smallest absolute Gasteiger partial charge is 0.0102 e. The highest BCUT2D eigenvalue weighted by atomic mass is 15.1. The Labute approximate surface area is 94.4 Å². The molecule has 1 N–H and O–H groups in total. The van der Waals surface area contributed by atoms with Crippen molar-refractivity contribution in [2.24, 2.45) is 11.8 Å². The first-order valence-corrected chi connectivity index (χ1v) is 6.65. The van der Waals surface area contributed by atoms with Crippen LogP contribution in [0.4, 0.5) is 0 Å². The van der Waals surface area contributed by atoms with Gasteiger partial charge in [-0.1, -0.05) is 13.3 Å². The number of hydrogen-bond donors (Lipinski definition) is 1. The van der Waals surface area contributed by atoms with Crippen molar-refractivity contribution in [1.82, 2.24) is 10.2 Å². The van der Waals surface area contributed by atoms with E-state index in [4.69, 9.17) is 0 Å². The molecule has 2 fully saturated rings. The van der Waals surface area contributed by atoms with Crippen LogP contribution < -0.4 is 5.32 Å². The Bertz CT molecular complexity index is 205. The fourth-order valence-corrected chi connectivity index (χ4v) is 2.99. The molecule has 0 bridgehead atoms. The molecule has 1 aliphatic carbocycles. The molecule has 0 spiro atoms. The average molecular weight is 210 g/mol. The third-order valence-corrected chi connectivity index (χ3v) is 4.29. The molecule has 4 atom stereocenters. The van der Waals surface area contributed by atoms with E-state index in [-0.39, 0.29) is 0 Å². The van der Waals surface area contributed by atoms with Crippen molar-refractivity contribution in [2.45, 2.75) is 51.6 Å². The molecular formula is C13H26N2. The highest BCUT2D eigenvalue weighted by molar-refractivity contribution is 4.95. The lowest BCUT2D eigenvalue weighted by Gasteiger charge is -2.34. The highest BCUT2D eigenvalue weighted by Gasteiger charge is 2.37. The molecule has 1 saturated heterocycles. The zero-order chi connectivity index (χ0) is 10.8. The fraction of sp³-hybridized carbons (Fsp3) is 1.00. The van der Waals surface area contributed by atoms with Gasteiger partial charge in [-0.3, -0.25) is 0 Å². The molecule has 2 nitrogen and oxygen atoms in total. The number of nitrogens with one attached hydrogen (secondary N) is 1. The van der Waals surface area contributed by atoms with Crippen LogP contribution in [0.25, 0.3) is 0 Å². The summed E-state index contributed by atoms with van der Waals surface area (Å²) in [7, 11) is 2.25. The molecule has 0 aromatic heterocycles. The minimum absolute atomic E-state index is 0.717. The molecule has 2 aliphatic rings. The lowest BCUT2D eigenvalue weighted by Crippen LogP contribution is -2.44. The van der Waals surface area contributed by atoms with Crippen LogP contribution >= 0.6 is 0 Å². The normalized spacial score (nSPS) is 39.0. The Morgan fingerprint density at radius 3 is 2.87 bits per heavy atom. The third kappa shape index (κ3) is 2.94. The Kier molecular flexibility index (Phi) is 3.68. The summed E-state index contributed by atoms with van der Waals surface area (Å²) in [6.45, 7) is 7.28. The summed E-state index contributed by atoms with van der Waals surface area (Å²) in [5, 5.41) is 3.82. The van der Waals surface area contributed by atoms with E-state index >= 15 is 0 Å². The Morgan fingerprint density at radius 1 is 1.47 bits per heavy atom. The monoisotopic (exact) mass is 210 g/mol. The fourth-order valence-electron chi connectivity index (χ4n) is 2.99. The minimum atomic E-state index is 0.717. The van der Waals surface area contributed by atoms with Gasteiger partial charge in [-0.05, 0) is 51.6 Å². The van der Waals surface area contributed by atoms with E-state index in [9.17, 15) is 0 Å². The van der Waals surface area contributed by atoms with Gasteiger partial charge in [0, 0.05) is 18.6 Å². The number of nitrogens with zero attached hydrogens (tertiary/aromatic N) is 1.